The van der Waals surface area contributed by atoms with Gasteiger partial charge in [-0.05, 0) is 61.4 Å². The van der Waals surface area contributed by atoms with Crippen LogP contribution in [-0.4, -0.2) is 26.5 Å². The van der Waals surface area contributed by atoms with E-state index in [-0.39, 0.29) is 35.7 Å². The molecule has 3 nitrogen and oxygen atoms in total. The van der Waals surface area contributed by atoms with Gasteiger partial charge in [0, 0.05) is 27.7 Å². The molecule has 168 valence electrons. The van der Waals surface area contributed by atoms with Crippen LogP contribution in [0.1, 0.15) is 43.7 Å². The third-order valence-corrected chi connectivity index (χ3v) is 9.10. The Balaban J connectivity index is 1.78. The third-order valence-electron chi connectivity index (χ3n) is 7.11. The Kier molecular flexibility index (Phi) is 6.32. The van der Waals surface area contributed by atoms with Crippen LogP contribution in [0.2, 0.25) is 5.02 Å². The quantitative estimate of drug-likeness (QED) is 0.543. The van der Waals surface area contributed by atoms with Gasteiger partial charge in [0.05, 0.1) is 12.4 Å². The van der Waals surface area contributed by atoms with E-state index in [0.717, 1.165) is 24.5 Å². The first-order valence-electron chi connectivity index (χ1n) is 10.8. The molecule has 1 fully saturated rings. The van der Waals surface area contributed by atoms with Gasteiger partial charge in [-0.2, -0.15) is 0 Å². The van der Waals surface area contributed by atoms with E-state index >= 15 is 4.39 Å². The lowest BCUT2D eigenvalue weighted by Crippen LogP contribution is -2.51. The van der Waals surface area contributed by atoms with Gasteiger partial charge >= 0.3 is 0 Å². The summed E-state index contributed by atoms with van der Waals surface area (Å²) in [5, 5.41) is 0.619. The molecule has 2 aliphatic rings. The molecule has 0 unspecified atom stereocenters. The standard InChI is InChI=1S/C24H27ClF2O3S/c1-2-31(28,29)13-11-17-4-3-12-24(14-16-5-7-18(25)8-6-16)19(17)15-30-23-21(27)10-9-20(26)22(23)24/h5-10,17,19H,2-4,11-15H2,1H3/t17-,19-,24-/m0/s1. The number of ether oxygens (including phenoxy) is 1. The van der Waals surface area contributed by atoms with E-state index in [2.05, 4.69) is 0 Å². The molecule has 2 aromatic rings. The largest absolute Gasteiger partial charge is 0.490 e. The van der Waals surface area contributed by atoms with Crippen molar-refractivity contribution < 1.29 is 21.9 Å². The SMILES string of the molecule is CCS(=O)(=O)CC[C@@H]1CCC[C@@]2(Cc3ccc(Cl)cc3)c3c(F)ccc(F)c3OC[C@@H]12. The van der Waals surface area contributed by atoms with Crippen molar-refractivity contribution in [3.8, 4) is 5.75 Å². The lowest BCUT2D eigenvalue weighted by atomic mass is 9.55. The second kappa shape index (κ2) is 8.70. The number of sulfone groups is 1. The fourth-order valence-corrected chi connectivity index (χ4v) is 6.61. The van der Waals surface area contributed by atoms with E-state index in [9.17, 15) is 12.8 Å². The summed E-state index contributed by atoms with van der Waals surface area (Å²) in [5.74, 6) is -0.810. The van der Waals surface area contributed by atoms with Gasteiger partial charge in [0.25, 0.3) is 0 Å². The van der Waals surface area contributed by atoms with E-state index in [0.29, 0.717) is 29.8 Å². The molecule has 0 spiro atoms. The van der Waals surface area contributed by atoms with E-state index in [1.165, 1.54) is 6.07 Å². The Morgan fingerprint density at radius 2 is 1.84 bits per heavy atom. The number of hydrogen-bond acceptors (Lipinski definition) is 3. The Labute approximate surface area is 187 Å². The van der Waals surface area contributed by atoms with E-state index < -0.39 is 26.9 Å². The van der Waals surface area contributed by atoms with Crippen LogP contribution < -0.4 is 4.74 Å². The fourth-order valence-electron chi connectivity index (χ4n) is 5.53. The van der Waals surface area contributed by atoms with Crippen molar-refractivity contribution in [3.05, 3.63) is 64.2 Å². The third kappa shape index (κ3) is 4.34. The first kappa shape index (κ1) is 22.5. The maximum absolute atomic E-state index is 15.2. The lowest BCUT2D eigenvalue weighted by molar-refractivity contribution is 0.0317. The maximum atomic E-state index is 15.2. The van der Waals surface area contributed by atoms with Gasteiger partial charge in [0.15, 0.2) is 11.6 Å². The summed E-state index contributed by atoms with van der Waals surface area (Å²) in [4.78, 5) is 0. The second-order valence-corrected chi connectivity index (χ2v) is 11.7. The monoisotopic (exact) mass is 468 g/mol. The molecule has 31 heavy (non-hydrogen) atoms. The van der Waals surface area contributed by atoms with Gasteiger partial charge in [0.2, 0.25) is 0 Å². The highest BCUT2D eigenvalue weighted by Gasteiger charge is 2.52. The minimum absolute atomic E-state index is 0.00652. The molecule has 4 rings (SSSR count). The minimum atomic E-state index is -3.11. The number of rotatable bonds is 6. The molecule has 1 saturated carbocycles. The van der Waals surface area contributed by atoms with E-state index in [4.69, 9.17) is 16.3 Å². The number of fused-ring (bicyclic) bond motifs is 3. The normalized spacial score (nSPS) is 25.4. The van der Waals surface area contributed by atoms with Gasteiger partial charge in [-0.1, -0.05) is 37.1 Å². The lowest BCUT2D eigenvalue weighted by Gasteiger charge is -2.52. The van der Waals surface area contributed by atoms with Crippen LogP contribution in [0.15, 0.2) is 36.4 Å². The molecule has 1 heterocycles. The predicted octanol–water partition coefficient (Wildman–Crippen LogP) is 5.73. The second-order valence-electron chi connectivity index (χ2n) is 8.79. The summed E-state index contributed by atoms with van der Waals surface area (Å²) in [7, 11) is -3.11. The topological polar surface area (TPSA) is 43.4 Å². The molecule has 2 aromatic carbocycles. The van der Waals surface area contributed by atoms with Crippen LogP contribution in [-0.2, 0) is 21.7 Å². The van der Waals surface area contributed by atoms with Gasteiger partial charge in [-0.3, -0.25) is 0 Å². The predicted molar refractivity (Wildman–Crippen MR) is 118 cm³/mol. The van der Waals surface area contributed by atoms with Crippen molar-refractivity contribution in [1.82, 2.24) is 0 Å². The van der Waals surface area contributed by atoms with E-state index in [1.54, 1.807) is 19.1 Å². The summed E-state index contributed by atoms with van der Waals surface area (Å²) in [6, 6.07) is 9.74. The smallest absolute Gasteiger partial charge is 0.165 e. The molecule has 0 amide bonds. The van der Waals surface area contributed by atoms with Crippen molar-refractivity contribution in [2.24, 2.45) is 11.8 Å². The summed E-state index contributed by atoms with van der Waals surface area (Å²) in [5.41, 5.74) is 0.654. The first-order chi connectivity index (χ1) is 14.8. The molecule has 1 aliphatic heterocycles. The minimum Gasteiger partial charge on any atom is -0.490 e. The van der Waals surface area contributed by atoms with Crippen LogP contribution >= 0.6 is 11.6 Å². The number of hydrogen-bond donors (Lipinski definition) is 0. The zero-order chi connectivity index (χ0) is 22.2. The number of halogens is 3. The zero-order valence-electron chi connectivity index (χ0n) is 17.5. The highest BCUT2D eigenvalue weighted by Crippen LogP contribution is 2.55. The molecule has 3 atom stereocenters. The maximum Gasteiger partial charge on any atom is 0.165 e. The van der Waals surface area contributed by atoms with Crippen molar-refractivity contribution in [2.45, 2.75) is 44.4 Å². The Bertz CT molecular complexity index is 1060. The number of benzene rings is 2. The van der Waals surface area contributed by atoms with Crippen molar-refractivity contribution >= 4 is 21.4 Å². The van der Waals surface area contributed by atoms with Gasteiger partial charge in [0.1, 0.15) is 15.7 Å². The van der Waals surface area contributed by atoms with Crippen LogP contribution in [0.5, 0.6) is 5.75 Å². The Morgan fingerprint density at radius 1 is 1.13 bits per heavy atom. The van der Waals surface area contributed by atoms with Gasteiger partial charge in [-0.25, -0.2) is 17.2 Å². The van der Waals surface area contributed by atoms with Gasteiger partial charge < -0.3 is 4.74 Å². The summed E-state index contributed by atoms with van der Waals surface area (Å²) in [6.45, 7) is 1.91. The Hall–Kier alpha value is -1.66. The van der Waals surface area contributed by atoms with Crippen LogP contribution in [0, 0.1) is 23.5 Å². The molecule has 0 bridgehead atoms. The van der Waals surface area contributed by atoms with Crippen molar-refractivity contribution in [3.63, 3.8) is 0 Å². The molecule has 1 aliphatic carbocycles. The van der Waals surface area contributed by atoms with Gasteiger partial charge in [-0.15, -0.1) is 0 Å². The fraction of sp³-hybridized carbons (Fsp3) is 0.500. The highest BCUT2D eigenvalue weighted by atomic mass is 35.5. The average molecular weight is 469 g/mol. The van der Waals surface area contributed by atoms with Crippen LogP contribution in [0.4, 0.5) is 8.78 Å². The summed E-state index contributed by atoms with van der Waals surface area (Å²) in [6.07, 6.45) is 3.44. The first-order valence-corrected chi connectivity index (χ1v) is 13.0. The van der Waals surface area contributed by atoms with Crippen LogP contribution in [0.25, 0.3) is 0 Å². The molecule has 7 heteroatoms. The Morgan fingerprint density at radius 3 is 2.55 bits per heavy atom. The average Bonchev–Trinajstić information content (AvgIpc) is 2.76. The summed E-state index contributed by atoms with van der Waals surface area (Å²) < 4.78 is 59.9. The highest BCUT2D eigenvalue weighted by molar-refractivity contribution is 7.91. The molecular formula is C24H27ClF2O3S. The van der Waals surface area contributed by atoms with Crippen molar-refractivity contribution in [2.75, 3.05) is 18.1 Å². The summed E-state index contributed by atoms with van der Waals surface area (Å²) >= 11 is 6.05. The molecule has 0 aromatic heterocycles. The zero-order valence-corrected chi connectivity index (χ0v) is 19.1. The van der Waals surface area contributed by atoms with Crippen molar-refractivity contribution in [1.29, 1.82) is 0 Å². The van der Waals surface area contributed by atoms with Crippen LogP contribution in [0.3, 0.4) is 0 Å². The molecule has 0 radical (unpaired) electrons. The molecule has 0 N–H and O–H groups in total. The molecular weight excluding hydrogens is 442 g/mol. The molecule has 0 saturated heterocycles. The van der Waals surface area contributed by atoms with E-state index in [1.807, 2.05) is 12.1 Å².